The Kier molecular flexibility index (Phi) is 7.38. The summed E-state index contributed by atoms with van der Waals surface area (Å²) in [5.74, 6) is -0.387. The number of hydrogen-bond acceptors (Lipinski definition) is 5. The van der Waals surface area contributed by atoms with Crippen LogP contribution in [0.4, 0.5) is 5.69 Å². The number of ether oxygens (including phenoxy) is 1. The molecule has 1 aromatic rings. The fraction of sp³-hybridized carbons (Fsp3) is 0.500. The van der Waals surface area contributed by atoms with E-state index < -0.39 is 10.0 Å². The summed E-state index contributed by atoms with van der Waals surface area (Å²) in [5, 5.41) is 5.20. The molecule has 2 amide bonds. The molecule has 0 aliphatic carbocycles. The molecule has 2 N–H and O–H groups in total. The Morgan fingerprint density at radius 3 is 2.40 bits per heavy atom. The van der Waals surface area contributed by atoms with E-state index in [1.165, 1.54) is 32.2 Å². The molecule has 0 aliphatic heterocycles. The van der Waals surface area contributed by atoms with E-state index in [4.69, 9.17) is 4.74 Å². The molecular weight excluding hydrogens is 346 g/mol. The van der Waals surface area contributed by atoms with Gasteiger partial charge < -0.3 is 15.4 Å². The minimum atomic E-state index is -3.90. The lowest BCUT2D eigenvalue weighted by molar-refractivity contribution is -0.121. The normalized spacial score (nSPS) is 11.5. The number of amides is 2. The molecule has 0 bridgehead atoms. The molecule has 9 heteroatoms. The molecule has 0 saturated carbocycles. The molecule has 0 unspecified atom stereocenters. The van der Waals surface area contributed by atoms with Gasteiger partial charge in [-0.2, -0.15) is 4.31 Å². The molecule has 0 fully saturated rings. The fourth-order valence-electron chi connectivity index (χ4n) is 2.18. The maximum Gasteiger partial charge on any atom is 0.243 e. The van der Waals surface area contributed by atoms with Crippen molar-refractivity contribution in [1.82, 2.24) is 9.62 Å². The third kappa shape index (κ3) is 5.71. The quantitative estimate of drug-likeness (QED) is 0.714. The van der Waals surface area contributed by atoms with E-state index in [-0.39, 0.29) is 41.5 Å². The van der Waals surface area contributed by atoms with E-state index in [2.05, 4.69) is 10.6 Å². The van der Waals surface area contributed by atoms with Crippen molar-refractivity contribution in [2.75, 3.05) is 25.5 Å². The first-order chi connectivity index (χ1) is 11.6. The van der Waals surface area contributed by atoms with Gasteiger partial charge >= 0.3 is 0 Å². The SMILES string of the molecule is CCN(CC(=O)NC(C)C)S(=O)(=O)c1ccc(OC)c(NC(C)=O)c1. The summed E-state index contributed by atoms with van der Waals surface area (Å²) in [7, 11) is -2.48. The number of sulfonamides is 1. The first-order valence-corrected chi connectivity index (χ1v) is 9.31. The summed E-state index contributed by atoms with van der Waals surface area (Å²) in [6.45, 7) is 6.42. The molecule has 0 atom stereocenters. The van der Waals surface area contributed by atoms with Crippen molar-refractivity contribution in [2.45, 2.75) is 38.6 Å². The van der Waals surface area contributed by atoms with E-state index in [0.29, 0.717) is 5.75 Å². The van der Waals surface area contributed by atoms with Crippen molar-refractivity contribution in [1.29, 1.82) is 0 Å². The lowest BCUT2D eigenvalue weighted by Gasteiger charge is -2.21. The molecule has 0 heterocycles. The van der Waals surface area contributed by atoms with Crippen molar-refractivity contribution in [3.05, 3.63) is 18.2 Å². The third-order valence-electron chi connectivity index (χ3n) is 3.24. The number of likely N-dealkylation sites (N-methyl/N-ethyl adjacent to an activating group) is 1. The first-order valence-electron chi connectivity index (χ1n) is 7.87. The van der Waals surface area contributed by atoms with Crippen LogP contribution in [0.3, 0.4) is 0 Å². The predicted molar refractivity (Wildman–Crippen MR) is 95.0 cm³/mol. The van der Waals surface area contributed by atoms with Gasteiger partial charge in [-0.15, -0.1) is 0 Å². The highest BCUT2D eigenvalue weighted by molar-refractivity contribution is 7.89. The zero-order valence-corrected chi connectivity index (χ0v) is 15.9. The van der Waals surface area contributed by atoms with Crippen LogP contribution in [0.15, 0.2) is 23.1 Å². The second-order valence-corrected chi connectivity index (χ2v) is 7.63. The van der Waals surface area contributed by atoms with Crippen LogP contribution in [0.5, 0.6) is 5.75 Å². The maximum atomic E-state index is 12.8. The van der Waals surface area contributed by atoms with Gasteiger partial charge in [0.25, 0.3) is 0 Å². The zero-order chi connectivity index (χ0) is 19.2. The maximum absolute atomic E-state index is 12.8. The molecular formula is C16H25N3O5S. The molecule has 0 spiro atoms. The molecule has 140 valence electrons. The van der Waals surface area contributed by atoms with Crippen LogP contribution in [0.2, 0.25) is 0 Å². The number of hydrogen-bond donors (Lipinski definition) is 2. The van der Waals surface area contributed by atoms with Crippen LogP contribution in [0, 0.1) is 0 Å². The second-order valence-electron chi connectivity index (χ2n) is 5.70. The Bertz CT molecular complexity index is 731. The number of rotatable bonds is 8. The minimum Gasteiger partial charge on any atom is -0.495 e. The van der Waals surface area contributed by atoms with Gasteiger partial charge in [0.1, 0.15) is 5.75 Å². The van der Waals surface area contributed by atoms with Crippen LogP contribution in [0.1, 0.15) is 27.7 Å². The van der Waals surface area contributed by atoms with Gasteiger partial charge in [0.05, 0.1) is 24.2 Å². The summed E-state index contributed by atoms with van der Waals surface area (Å²) in [5.41, 5.74) is 0.249. The van der Waals surface area contributed by atoms with E-state index in [9.17, 15) is 18.0 Å². The smallest absolute Gasteiger partial charge is 0.243 e. The Labute approximate surface area is 148 Å². The van der Waals surface area contributed by atoms with Gasteiger partial charge in [0, 0.05) is 19.5 Å². The van der Waals surface area contributed by atoms with E-state index in [0.717, 1.165) is 4.31 Å². The molecule has 0 saturated heterocycles. The fourth-order valence-corrected chi connectivity index (χ4v) is 3.61. The Balaban J connectivity index is 3.17. The Morgan fingerprint density at radius 2 is 1.92 bits per heavy atom. The first kappa shape index (κ1) is 20.9. The number of carbonyl (C=O) groups excluding carboxylic acids is 2. The van der Waals surface area contributed by atoms with Crippen LogP contribution in [-0.2, 0) is 19.6 Å². The highest BCUT2D eigenvalue weighted by Crippen LogP contribution is 2.28. The van der Waals surface area contributed by atoms with Gasteiger partial charge in [-0.1, -0.05) is 6.92 Å². The average molecular weight is 371 g/mol. The zero-order valence-electron chi connectivity index (χ0n) is 15.1. The number of nitrogens with zero attached hydrogens (tertiary/aromatic N) is 1. The van der Waals surface area contributed by atoms with Crippen molar-refractivity contribution < 1.29 is 22.7 Å². The number of nitrogens with one attached hydrogen (secondary N) is 2. The number of carbonyl (C=O) groups is 2. The molecule has 1 rings (SSSR count). The van der Waals surface area contributed by atoms with Crippen molar-refractivity contribution in [2.24, 2.45) is 0 Å². The van der Waals surface area contributed by atoms with Gasteiger partial charge in [-0.25, -0.2) is 8.42 Å². The average Bonchev–Trinajstić information content (AvgIpc) is 2.51. The number of methoxy groups -OCH3 is 1. The van der Waals surface area contributed by atoms with Gasteiger partial charge in [0.15, 0.2) is 0 Å². The predicted octanol–water partition coefficient (Wildman–Crippen LogP) is 1.19. The molecule has 0 aliphatic rings. The van der Waals surface area contributed by atoms with E-state index in [1.54, 1.807) is 20.8 Å². The van der Waals surface area contributed by atoms with E-state index >= 15 is 0 Å². The lowest BCUT2D eigenvalue weighted by Crippen LogP contribution is -2.42. The lowest BCUT2D eigenvalue weighted by atomic mass is 10.3. The molecule has 0 radical (unpaired) electrons. The molecule has 8 nitrogen and oxygen atoms in total. The second kappa shape index (κ2) is 8.82. The molecule has 1 aromatic carbocycles. The van der Waals surface area contributed by atoms with Gasteiger partial charge in [-0.3, -0.25) is 9.59 Å². The Morgan fingerprint density at radius 1 is 1.28 bits per heavy atom. The van der Waals surface area contributed by atoms with Gasteiger partial charge in [-0.05, 0) is 32.0 Å². The standard InChI is InChI=1S/C16H25N3O5S/c1-6-19(10-16(21)17-11(2)3)25(22,23)13-7-8-15(24-5)14(9-13)18-12(4)20/h7-9,11H,6,10H2,1-5H3,(H,17,21)(H,18,20). The monoisotopic (exact) mass is 371 g/mol. The van der Waals surface area contributed by atoms with Crippen molar-refractivity contribution in [3.63, 3.8) is 0 Å². The highest BCUT2D eigenvalue weighted by Gasteiger charge is 2.26. The van der Waals surface area contributed by atoms with Gasteiger partial charge in [0.2, 0.25) is 21.8 Å². The largest absolute Gasteiger partial charge is 0.495 e. The molecule has 25 heavy (non-hydrogen) atoms. The summed E-state index contributed by atoms with van der Waals surface area (Å²) in [6.07, 6.45) is 0. The van der Waals surface area contributed by atoms with Crippen molar-refractivity contribution in [3.8, 4) is 5.75 Å². The topological polar surface area (TPSA) is 105 Å². The van der Waals surface area contributed by atoms with Crippen LogP contribution >= 0.6 is 0 Å². The summed E-state index contributed by atoms with van der Waals surface area (Å²) in [6, 6.07) is 4.07. The number of anilines is 1. The Hall–Kier alpha value is -2.13. The molecule has 0 aromatic heterocycles. The summed E-state index contributed by atoms with van der Waals surface area (Å²) < 4.78 is 31.8. The van der Waals surface area contributed by atoms with Crippen molar-refractivity contribution >= 4 is 27.5 Å². The van der Waals surface area contributed by atoms with Crippen LogP contribution in [0.25, 0.3) is 0 Å². The summed E-state index contributed by atoms with van der Waals surface area (Å²) in [4.78, 5) is 23.2. The minimum absolute atomic E-state index is 0.0313. The third-order valence-corrected chi connectivity index (χ3v) is 5.16. The number of benzene rings is 1. The summed E-state index contributed by atoms with van der Waals surface area (Å²) >= 11 is 0. The van der Waals surface area contributed by atoms with Crippen LogP contribution in [-0.4, -0.2) is 50.8 Å². The van der Waals surface area contributed by atoms with E-state index in [1.807, 2.05) is 0 Å². The van der Waals surface area contributed by atoms with Crippen LogP contribution < -0.4 is 15.4 Å². The highest BCUT2D eigenvalue weighted by atomic mass is 32.2.